The fourth-order valence-corrected chi connectivity index (χ4v) is 0.761. The minimum Gasteiger partial charge on any atom is -0.480 e. The highest BCUT2D eigenvalue weighted by Gasteiger charge is 2.14. The van der Waals surface area contributed by atoms with Crippen LogP contribution in [0.2, 0.25) is 0 Å². The highest BCUT2D eigenvalue weighted by Crippen LogP contribution is 1.90. The molecule has 0 aromatic heterocycles. The summed E-state index contributed by atoms with van der Waals surface area (Å²) in [6, 6.07) is -0.597. The number of aliphatic hydroxyl groups excluding tert-OH is 1. The lowest BCUT2D eigenvalue weighted by molar-refractivity contribution is -0.148. The van der Waals surface area contributed by atoms with Crippen LogP contribution >= 0.6 is 0 Å². The lowest BCUT2D eigenvalue weighted by atomic mass is 10.2. The maximum absolute atomic E-state index is 10.4. The predicted octanol–water partition coefficient (Wildman–Crippen LogP) is -0.518. The van der Waals surface area contributed by atoms with E-state index in [1.165, 1.54) is 0 Å². The Morgan fingerprint density at radius 1 is 1.24 bits per heavy atom. The van der Waals surface area contributed by atoms with Crippen LogP contribution < -0.4 is 5.32 Å². The SMILES string of the molecule is CC(=O)C(=O)O.CCCN[C@@H](CCO)C(=O)O. The van der Waals surface area contributed by atoms with Crippen molar-refractivity contribution in [2.75, 3.05) is 13.2 Å². The van der Waals surface area contributed by atoms with Crippen LogP contribution in [0.4, 0.5) is 0 Å². The van der Waals surface area contributed by atoms with Gasteiger partial charge < -0.3 is 20.6 Å². The summed E-state index contributed by atoms with van der Waals surface area (Å²) in [6.45, 7) is 3.55. The zero-order valence-electron chi connectivity index (χ0n) is 9.97. The van der Waals surface area contributed by atoms with E-state index in [0.717, 1.165) is 13.3 Å². The molecule has 0 aliphatic heterocycles. The molecule has 0 spiro atoms. The van der Waals surface area contributed by atoms with Crippen LogP contribution in [-0.2, 0) is 14.4 Å². The van der Waals surface area contributed by atoms with Crippen molar-refractivity contribution < 1.29 is 29.7 Å². The summed E-state index contributed by atoms with van der Waals surface area (Å²) in [5, 5.41) is 27.5. The summed E-state index contributed by atoms with van der Waals surface area (Å²) >= 11 is 0. The molecule has 0 aliphatic rings. The molecule has 0 aromatic carbocycles. The van der Waals surface area contributed by atoms with Crippen molar-refractivity contribution in [3.8, 4) is 0 Å². The van der Waals surface area contributed by atoms with E-state index in [1.54, 1.807) is 0 Å². The van der Waals surface area contributed by atoms with Gasteiger partial charge in [-0.2, -0.15) is 0 Å². The molecule has 1 atom stereocenters. The van der Waals surface area contributed by atoms with Gasteiger partial charge in [0.25, 0.3) is 0 Å². The van der Waals surface area contributed by atoms with Crippen molar-refractivity contribution >= 4 is 17.7 Å². The third kappa shape index (κ3) is 12.5. The topological polar surface area (TPSA) is 124 Å². The minimum absolute atomic E-state index is 0.0896. The zero-order chi connectivity index (χ0) is 13.8. The molecule has 17 heavy (non-hydrogen) atoms. The van der Waals surface area contributed by atoms with E-state index in [9.17, 15) is 14.4 Å². The van der Waals surface area contributed by atoms with E-state index in [2.05, 4.69) is 5.32 Å². The van der Waals surface area contributed by atoms with Gasteiger partial charge in [0.05, 0.1) is 0 Å². The molecule has 0 unspecified atom stereocenters. The van der Waals surface area contributed by atoms with Gasteiger partial charge in [-0.15, -0.1) is 0 Å². The molecule has 0 radical (unpaired) electrons. The average molecular weight is 249 g/mol. The number of carbonyl (C=O) groups excluding carboxylic acids is 1. The molecule has 7 nitrogen and oxygen atoms in total. The first-order valence-corrected chi connectivity index (χ1v) is 5.17. The summed E-state index contributed by atoms with van der Waals surface area (Å²) in [6.07, 6.45) is 1.17. The molecule has 0 saturated carbocycles. The zero-order valence-corrected chi connectivity index (χ0v) is 9.97. The number of Topliss-reactive ketones (excluding diaryl/α,β-unsaturated/α-hetero) is 1. The fourth-order valence-electron chi connectivity index (χ4n) is 0.761. The average Bonchev–Trinajstić information content (AvgIpc) is 2.24. The smallest absolute Gasteiger partial charge is 0.371 e. The summed E-state index contributed by atoms with van der Waals surface area (Å²) in [7, 11) is 0. The standard InChI is InChI=1S/C7H15NO3.C3H4O3/c1-2-4-8-6(3-5-9)7(10)11;1-2(4)3(5)6/h6,8-9H,2-5H2,1H3,(H,10,11);1H3,(H,5,6)/t6-;/m0./s1. The highest BCUT2D eigenvalue weighted by molar-refractivity contribution is 6.31. The first-order valence-electron chi connectivity index (χ1n) is 5.17. The largest absolute Gasteiger partial charge is 0.480 e. The van der Waals surface area contributed by atoms with Crippen LogP contribution in [0.15, 0.2) is 0 Å². The molecular weight excluding hydrogens is 230 g/mol. The maximum atomic E-state index is 10.4. The number of hydrogen-bond acceptors (Lipinski definition) is 5. The molecular formula is C10H19NO6. The number of carboxylic acids is 2. The van der Waals surface area contributed by atoms with Crippen molar-refractivity contribution in [3.63, 3.8) is 0 Å². The molecule has 0 saturated heterocycles. The molecule has 0 bridgehead atoms. The van der Waals surface area contributed by atoms with Crippen molar-refractivity contribution in [2.24, 2.45) is 0 Å². The molecule has 0 heterocycles. The summed E-state index contributed by atoms with van der Waals surface area (Å²) < 4.78 is 0. The number of nitrogens with one attached hydrogen (secondary N) is 1. The highest BCUT2D eigenvalue weighted by atomic mass is 16.4. The molecule has 0 amide bonds. The fraction of sp³-hybridized carbons (Fsp3) is 0.700. The van der Waals surface area contributed by atoms with E-state index in [0.29, 0.717) is 6.54 Å². The van der Waals surface area contributed by atoms with Crippen LogP contribution in [0, 0.1) is 0 Å². The van der Waals surface area contributed by atoms with Gasteiger partial charge in [-0.1, -0.05) is 6.92 Å². The van der Waals surface area contributed by atoms with Gasteiger partial charge in [-0.25, -0.2) is 4.79 Å². The number of aliphatic carboxylic acids is 2. The van der Waals surface area contributed by atoms with E-state index >= 15 is 0 Å². The predicted molar refractivity (Wildman–Crippen MR) is 59.7 cm³/mol. The summed E-state index contributed by atoms with van der Waals surface area (Å²) in [5.74, 6) is -3.10. The van der Waals surface area contributed by atoms with Crippen LogP contribution in [-0.4, -0.2) is 52.2 Å². The molecule has 0 fully saturated rings. The first-order chi connectivity index (χ1) is 7.86. The number of ketones is 1. The lowest BCUT2D eigenvalue weighted by Crippen LogP contribution is -2.37. The Kier molecular flexibility index (Phi) is 11.6. The second kappa shape index (κ2) is 11.0. The summed E-state index contributed by atoms with van der Waals surface area (Å²) in [4.78, 5) is 29.3. The van der Waals surface area contributed by atoms with Gasteiger partial charge in [-0.3, -0.25) is 9.59 Å². The second-order valence-electron chi connectivity index (χ2n) is 3.22. The van der Waals surface area contributed by atoms with Crippen LogP contribution in [0.25, 0.3) is 0 Å². The minimum atomic E-state index is -1.38. The molecule has 0 aromatic rings. The Morgan fingerprint density at radius 2 is 1.71 bits per heavy atom. The molecule has 7 heteroatoms. The number of hydrogen-bond donors (Lipinski definition) is 4. The Bertz CT molecular complexity index is 241. The van der Waals surface area contributed by atoms with Crippen LogP contribution in [0.5, 0.6) is 0 Å². The Balaban J connectivity index is 0. The Hall–Kier alpha value is -1.47. The summed E-state index contributed by atoms with van der Waals surface area (Å²) in [5.41, 5.74) is 0. The third-order valence-electron chi connectivity index (χ3n) is 1.66. The van der Waals surface area contributed by atoms with Gasteiger partial charge in [0.1, 0.15) is 6.04 Å². The van der Waals surface area contributed by atoms with Crippen molar-refractivity contribution in [2.45, 2.75) is 32.7 Å². The third-order valence-corrected chi connectivity index (χ3v) is 1.66. The van der Waals surface area contributed by atoms with Crippen molar-refractivity contribution in [1.29, 1.82) is 0 Å². The van der Waals surface area contributed by atoms with E-state index in [-0.39, 0.29) is 13.0 Å². The van der Waals surface area contributed by atoms with Gasteiger partial charge in [0.15, 0.2) is 0 Å². The number of rotatable bonds is 7. The lowest BCUT2D eigenvalue weighted by Gasteiger charge is -2.11. The molecule has 4 N–H and O–H groups in total. The van der Waals surface area contributed by atoms with Crippen LogP contribution in [0.3, 0.4) is 0 Å². The van der Waals surface area contributed by atoms with Gasteiger partial charge in [0, 0.05) is 13.5 Å². The van der Waals surface area contributed by atoms with Crippen molar-refractivity contribution in [3.05, 3.63) is 0 Å². The number of carboxylic acid groups (broad SMARTS) is 2. The first kappa shape index (κ1) is 17.9. The normalized spacial score (nSPS) is 11.0. The van der Waals surface area contributed by atoms with Crippen LogP contribution in [0.1, 0.15) is 26.7 Å². The quantitative estimate of drug-likeness (QED) is 0.447. The van der Waals surface area contributed by atoms with E-state index in [1.807, 2.05) is 6.92 Å². The van der Waals surface area contributed by atoms with E-state index < -0.39 is 23.8 Å². The van der Waals surface area contributed by atoms with E-state index in [4.69, 9.17) is 15.3 Å². The molecule has 0 rings (SSSR count). The molecule has 0 aliphatic carbocycles. The monoisotopic (exact) mass is 249 g/mol. The van der Waals surface area contributed by atoms with Gasteiger partial charge >= 0.3 is 11.9 Å². The number of carbonyl (C=O) groups is 3. The van der Waals surface area contributed by atoms with Gasteiger partial charge in [0.2, 0.25) is 5.78 Å². The second-order valence-corrected chi connectivity index (χ2v) is 3.22. The Morgan fingerprint density at radius 3 is 1.94 bits per heavy atom. The van der Waals surface area contributed by atoms with Gasteiger partial charge in [-0.05, 0) is 19.4 Å². The maximum Gasteiger partial charge on any atom is 0.371 e. The number of aliphatic hydroxyl groups is 1. The Labute approximate surface area is 99.4 Å². The van der Waals surface area contributed by atoms with Crippen molar-refractivity contribution in [1.82, 2.24) is 5.32 Å². The molecule has 100 valence electrons.